The van der Waals surface area contributed by atoms with Gasteiger partial charge in [-0.25, -0.2) is 8.42 Å². The molecule has 0 bridgehead atoms. The number of halogens is 3. The van der Waals surface area contributed by atoms with Gasteiger partial charge >= 0.3 is 6.61 Å². The maximum Gasteiger partial charge on any atom is 0.387 e. The molecular weight excluding hydrogens is 466 g/mol. The topological polar surface area (TPSA) is 84.9 Å². The lowest BCUT2D eigenvalue weighted by Gasteiger charge is -2.26. The third-order valence-electron chi connectivity index (χ3n) is 4.84. The second-order valence-electron chi connectivity index (χ2n) is 7.04. The largest absolute Gasteiger partial charge is 0.490 e. The number of sulfonamides is 1. The maximum absolute atomic E-state index is 13.0. The first kappa shape index (κ1) is 24.2. The average molecular weight is 489 g/mol. The second kappa shape index (κ2) is 10.5. The Morgan fingerprint density at radius 3 is 2.50 bits per heavy atom. The number of hydrogen-bond donors (Lipinski definition) is 1. The van der Waals surface area contributed by atoms with Crippen LogP contribution < -0.4 is 14.8 Å². The fourth-order valence-electron chi connectivity index (χ4n) is 3.34. The molecule has 1 aliphatic rings. The van der Waals surface area contributed by atoms with Crippen molar-refractivity contribution in [1.82, 2.24) is 4.31 Å². The van der Waals surface area contributed by atoms with E-state index >= 15 is 0 Å². The van der Waals surface area contributed by atoms with Gasteiger partial charge in [-0.2, -0.15) is 13.1 Å². The highest BCUT2D eigenvalue weighted by molar-refractivity contribution is 7.89. The molecule has 1 aliphatic heterocycles. The van der Waals surface area contributed by atoms with Gasteiger partial charge in [0.25, 0.3) is 5.91 Å². The van der Waals surface area contributed by atoms with Crippen molar-refractivity contribution < 1.29 is 31.5 Å². The first-order valence-corrected chi connectivity index (χ1v) is 11.9. The standard InChI is InChI=1S/C21H23ClF2N2O5S/c1-2-30-18-12-14(6-9-17(18)31-21(23)24)20(27)25-15-7-8-16(22)19(13-15)32(28,29)26-10-4-3-5-11-26/h6-9,12-13,21H,2-5,10-11H2,1H3,(H,25,27). The Bertz CT molecular complexity index is 1080. The Hall–Kier alpha value is -2.43. The van der Waals surface area contributed by atoms with Crippen molar-refractivity contribution in [3.63, 3.8) is 0 Å². The third-order valence-corrected chi connectivity index (χ3v) is 7.22. The van der Waals surface area contributed by atoms with Crippen molar-refractivity contribution in [2.45, 2.75) is 37.7 Å². The number of alkyl halides is 2. The van der Waals surface area contributed by atoms with Crippen molar-refractivity contribution >= 4 is 33.2 Å². The van der Waals surface area contributed by atoms with Gasteiger partial charge in [0.1, 0.15) is 4.90 Å². The van der Waals surface area contributed by atoms with Gasteiger partial charge in [-0.3, -0.25) is 4.79 Å². The predicted molar refractivity (Wildman–Crippen MR) is 116 cm³/mol. The molecule has 2 aromatic rings. The number of benzene rings is 2. The van der Waals surface area contributed by atoms with E-state index in [4.69, 9.17) is 16.3 Å². The van der Waals surface area contributed by atoms with Crippen molar-refractivity contribution in [1.29, 1.82) is 0 Å². The first-order valence-electron chi connectivity index (χ1n) is 10.0. The number of piperidine rings is 1. The lowest BCUT2D eigenvalue weighted by atomic mass is 10.2. The van der Waals surface area contributed by atoms with Gasteiger partial charge in [-0.1, -0.05) is 18.0 Å². The smallest absolute Gasteiger partial charge is 0.387 e. The molecule has 1 amide bonds. The summed E-state index contributed by atoms with van der Waals surface area (Å²) in [6, 6.07) is 7.98. The highest BCUT2D eigenvalue weighted by atomic mass is 35.5. The number of anilines is 1. The zero-order chi connectivity index (χ0) is 23.3. The van der Waals surface area contributed by atoms with Gasteiger partial charge < -0.3 is 14.8 Å². The van der Waals surface area contributed by atoms with Gasteiger partial charge in [0.2, 0.25) is 10.0 Å². The molecule has 174 valence electrons. The van der Waals surface area contributed by atoms with Crippen LogP contribution in [0.5, 0.6) is 11.5 Å². The highest BCUT2D eigenvalue weighted by Crippen LogP contribution is 2.32. The minimum absolute atomic E-state index is 0.00933. The molecule has 0 radical (unpaired) electrons. The summed E-state index contributed by atoms with van der Waals surface area (Å²) in [4.78, 5) is 12.6. The molecule has 3 rings (SSSR count). The molecule has 0 unspecified atom stereocenters. The number of carbonyl (C=O) groups excluding carboxylic acids is 1. The number of carbonyl (C=O) groups is 1. The summed E-state index contributed by atoms with van der Waals surface area (Å²) in [7, 11) is -3.80. The highest BCUT2D eigenvalue weighted by Gasteiger charge is 2.28. The van der Waals surface area contributed by atoms with Gasteiger partial charge in [-0.15, -0.1) is 0 Å². The lowest BCUT2D eigenvalue weighted by Crippen LogP contribution is -2.35. The average Bonchev–Trinajstić information content (AvgIpc) is 2.76. The van der Waals surface area contributed by atoms with Crippen LogP contribution in [-0.4, -0.2) is 44.9 Å². The number of nitrogens with zero attached hydrogens (tertiary/aromatic N) is 1. The molecule has 0 aromatic heterocycles. The van der Waals surface area contributed by atoms with E-state index in [1.165, 1.54) is 40.7 Å². The fraction of sp³-hybridized carbons (Fsp3) is 0.381. The molecule has 0 spiro atoms. The Balaban J connectivity index is 1.84. The Labute approximate surface area is 190 Å². The normalized spacial score (nSPS) is 14.9. The summed E-state index contributed by atoms with van der Waals surface area (Å²) in [6.45, 7) is -0.357. The zero-order valence-electron chi connectivity index (χ0n) is 17.3. The van der Waals surface area contributed by atoms with E-state index in [1.807, 2.05) is 0 Å². The van der Waals surface area contributed by atoms with E-state index in [0.29, 0.717) is 13.1 Å². The molecule has 1 N–H and O–H groups in total. The van der Waals surface area contributed by atoms with Crippen LogP contribution in [0.3, 0.4) is 0 Å². The summed E-state index contributed by atoms with van der Waals surface area (Å²) in [5, 5.41) is 2.66. The lowest BCUT2D eigenvalue weighted by molar-refractivity contribution is -0.0514. The van der Waals surface area contributed by atoms with Crippen LogP contribution in [0.15, 0.2) is 41.3 Å². The molecule has 32 heavy (non-hydrogen) atoms. The molecule has 1 saturated heterocycles. The summed E-state index contributed by atoms with van der Waals surface area (Å²) >= 11 is 6.16. The molecule has 1 heterocycles. The monoisotopic (exact) mass is 488 g/mol. The Morgan fingerprint density at radius 1 is 1.12 bits per heavy atom. The van der Waals surface area contributed by atoms with Crippen molar-refractivity contribution in [2.75, 3.05) is 25.0 Å². The minimum Gasteiger partial charge on any atom is -0.490 e. The second-order valence-corrected chi connectivity index (χ2v) is 9.35. The van der Waals surface area contributed by atoms with Crippen molar-refractivity contribution in [3.8, 4) is 11.5 Å². The third kappa shape index (κ3) is 5.67. The molecule has 2 aromatic carbocycles. The molecule has 11 heteroatoms. The maximum atomic E-state index is 13.0. The van der Waals surface area contributed by atoms with E-state index in [1.54, 1.807) is 6.92 Å². The zero-order valence-corrected chi connectivity index (χ0v) is 18.9. The number of hydrogen-bond acceptors (Lipinski definition) is 5. The van der Waals surface area contributed by atoms with Gasteiger partial charge in [-0.05, 0) is 56.2 Å². The van der Waals surface area contributed by atoms with Crippen LogP contribution in [0.25, 0.3) is 0 Å². The van der Waals surface area contributed by atoms with Crippen LogP contribution in [0, 0.1) is 0 Å². The summed E-state index contributed by atoms with van der Waals surface area (Å²) in [5.41, 5.74) is 0.339. The summed E-state index contributed by atoms with van der Waals surface area (Å²) < 4.78 is 62.2. The molecule has 1 fully saturated rings. The molecular formula is C21H23ClF2N2O5S. The van der Waals surface area contributed by atoms with Crippen molar-refractivity contribution in [2.24, 2.45) is 0 Å². The number of nitrogens with one attached hydrogen (secondary N) is 1. The Kier molecular flexibility index (Phi) is 7.91. The van der Waals surface area contributed by atoms with Crippen LogP contribution in [0.4, 0.5) is 14.5 Å². The van der Waals surface area contributed by atoms with E-state index in [-0.39, 0.29) is 39.3 Å². The van der Waals surface area contributed by atoms with Gasteiger partial charge in [0, 0.05) is 24.3 Å². The number of rotatable bonds is 8. The molecule has 0 saturated carbocycles. The van der Waals surface area contributed by atoms with Crippen molar-refractivity contribution in [3.05, 3.63) is 47.0 Å². The first-order chi connectivity index (χ1) is 15.2. The van der Waals surface area contributed by atoms with Gasteiger partial charge in [0.05, 0.1) is 11.6 Å². The molecule has 0 atom stereocenters. The Morgan fingerprint density at radius 2 is 1.84 bits per heavy atom. The minimum atomic E-state index is -3.80. The molecule has 0 aliphatic carbocycles. The van der Waals surface area contributed by atoms with E-state index in [9.17, 15) is 22.0 Å². The van der Waals surface area contributed by atoms with E-state index in [2.05, 4.69) is 10.1 Å². The number of amides is 1. The van der Waals surface area contributed by atoms with Crippen LogP contribution in [-0.2, 0) is 10.0 Å². The fourth-order valence-corrected chi connectivity index (χ4v) is 5.35. The molecule has 7 nitrogen and oxygen atoms in total. The van der Waals surface area contributed by atoms with E-state index in [0.717, 1.165) is 19.3 Å². The summed E-state index contributed by atoms with van der Waals surface area (Å²) in [5.74, 6) is -0.789. The SMILES string of the molecule is CCOc1cc(C(=O)Nc2ccc(Cl)c(S(=O)(=O)N3CCCCC3)c2)ccc1OC(F)F. The van der Waals surface area contributed by atoms with Crippen LogP contribution >= 0.6 is 11.6 Å². The summed E-state index contributed by atoms with van der Waals surface area (Å²) in [6.07, 6.45) is 2.53. The quantitative estimate of drug-likeness (QED) is 0.578. The van der Waals surface area contributed by atoms with Crippen LogP contribution in [0.1, 0.15) is 36.5 Å². The number of ether oxygens (including phenoxy) is 2. The van der Waals surface area contributed by atoms with E-state index < -0.39 is 22.5 Å². The van der Waals surface area contributed by atoms with Gasteiger partial charge in [0.15, 0.2) is 11.5 Å². The predicted octanol–water partition coefficient (Wildman–Crippen LogP) is 4.77. The van der Waals surface area contributed by atoms with Crippen LogP contribution in [0.2, 0.25) is 5.02 Å².